The molecule has 0 radical (unpaired) electrons. The molecule has 4 heteroatoms. The van der Waals surface area contributed by atoms with Crippen molar-refractivity contribution in [3.05, 3.63) is 35.1 Å². The Morgan fingerprint density at radius 1 is 1.40 bits per heavy atom. The minimum atomic E-state index is -2.62. The normalized spacial score (nSPS) is 12.9. The first-order chi connectivity index (χ1) is 7.06. The van der Waals surface area contributed by atoms with Gasteiger partial charge in [-0.3, -0.25) is 0 Å². The fourth-order valence-corrected chi connectivity index (χ4v) is 1.35. The van der Waals surface area contributed by atoms with Gasteiger partial charge in [0.25, 0.3) is 6.43 Å². The molecule has 1 nitrogen and oxygen atoms in total. The van der Waals surface area contributed by atoms with E-state index in [0.717, 1.165) is 18.2 Å². The number of halogens is 3. The summed E-state index contributed by atoms with van der Waals surface area (Å²) in [5.41, 5.74) is -0.0518. The number of alkyl halides is 2. The molecule has 0 saturated heterocycles. The summed E-state index contributed by atoms with van der Waals surface area (Å²) >= 11 is 0. The van der Waals surface area contributed by atoms with Crippen molar-refractivity contribution in [2.45, 2.75) is 25.7 Å². The van der Waals surface area contributed by atoms with Crippen LogP contribution in [0.5, 0.6) is 0 Å². The van der Waals surface area contributed by atoms with Crippen LogP contribution in [0.3, 0.4) is 0 Å². The van der Waals surface area contributed by atoms with E-state index in [1.54, 1.807) is 6.92 Å². The number of hydrogen-bond acceptors (Lipinski definition) is 1. The molecule has 0 aliphatic heterocycles. The average Bonchev–Trinajstić information content (AvgIpc) is 2.18. The molecule has 1 atom stereocenters. The summed E-state index contributed by atoms with van der Waals surface area (Å²) in [5, 5.41) is 0. The third-order valence-corrected chi connectivity index (χ3v) is 2.25. The number of rotatable bonds is 4. The van der Waals surface area contributed by atoms with Gasteiger partial charge in [-0.25, -0.2) is 13.2 Å². The van der Waals surface area contributed by atoms with Gasteiger partial charge in [-0.15, -0.1) is 0 Å². The molecule has 1 rings (SSSR count). The van der Waals surface area contributed by atoms with Crippen molar-refractivity contribution in [2.24, 2.45) is 0 Å². The van der Waals surface area contributed by atoms with E-state index in [1.807, 2.05) is 0 Å². The maximum absolute atomic E-state index is 13.2. The van der Waals surface area contributed by atoms with Gasteiger partial charge in [0.15, 0.2) is 0 Å². The van der Waals surface area contributed by atoms with Crippen LogP contribution in [0, 0.1) is 5.82 Å². The van der Waals surface area contributed by atoms with Crippen LogP contribution in [0.25, 0.3) is 0 Å². The number of carbonyl (C=O) groups is 1. The molecule has 0 heterocycles. The van der Waals surface area contributed by atoms with Crippen LogP contribution in [0.2, 0.25) is 0 Å². The number of aldehydes is 1. The van der Waals surface area contributed by atoms with Gasteiger partial charge in [-0.1, -0.05) is 13.0 Å². The Bertz CT molecular complexity index is 350. The van der Waals surface area contributed by atoms with Crippen LogP contribution in [0.1, 0.15) is 36.8 Å². The van der Waals surface area contributed by atoms with Crippen LogP contribution in [-0.4, -0.2) is 6.29 Å². The molecule has 0 N–H and O–H groups in total. The zero-order valence-electron chi connectivity index (χ0n) is 8.21. The van der Waals surface area contributed by atoms with E-state index in [4.69, 9.17) is 0 Å². The third-order valence-electron chi connectivity index (χ3n) is 2.25. The summed E-state index contributed by atoms with van der Waals surface area (Å²) in [7, 11) is 0. The predicted octanol–water partition coefficient (Wildman–Crippen LogP) is 3.46. The molecular formula is C11H11F3O. The molecule has 1 aromatic rings. The van der Waals surface area contributed by atoms with Crippen LogP contribution < -0.4 is 0 Å². The van der Waals surface area contributed by atoms with Gasteiger partial charge in [0.1, 0.15) is 12.1 Å². The minimum Gasteiger partial charge on any atom is -0.303 e. The maximum Gasteiger partial charge on any atom is 0.263 e. The summed E-state index contributed by atoms with van der Waals surface area (Å²) in [5.74, 6) is -0.921. The van der Waals surface area contributed by atoms with E-state index in [0.29, 0.717) is 6.29 Å². The lowest BCUT2D eigenvalue weighted by molar-refractivity contribution is -0.108. The zero-order valence-corrected chi connectivity index (χ0v) is 8.21. The molecule has 0 saturated carbocycles. The molecule has 15 heavy (non-hydrogen) atoms. The Kier molecular flexibility index (Phi) is 3.88. The number of carbonyl (C=O) groups excluding carboxylic acids is 1. The van der Waals surface area contributed by atoms with Crippen molar-refractivity contribution in [1.82, 2.24) is 0 Å². The van der Waals surface area contributed by atoms with E-state index >= 15 is 0 Å². The van der Waals surface area contributed by atoms with Gasteiger partial charge >= 0.3 is 0 Å². The predicted molar refractivity (Wildman–Crippen MR) is 50.5 cm³/mol. The molecule has 0 aromatic heterocycles. The first-order valence-electron chi connectivity index (χ1n) is 4.57. The smallest absolute Gasteiger partial charge is 0.263 e. The highest BCUT2D eigenvalue weighted by Crippen LogP contribution is 2.26. The van der Waals surface area contributed by atoms with Crippen molar-refractivity contribution in [3.63, 3.8) is 0 Å². The van der Waals surface area contributed by atoms with Crippen molar-refractivity contribution in [3.8, 4) is 0 Å². The first-order valence-corrected chi connectivity index (χ1v) is 4.57. The van der Waals surface area contributed by atoms with Crippen molar-refractivity contribution >= 4 is 6.29 Å². The highest BCUT2D eigenvalue weighted by Gasteiger charge is 2.14. The second-order valence-corrected chi connectivity index (χ2v) is 3.39. The van der Waals surface area contributed by atoms with Crippen molar-refractivity contribution in [1.29, 1.82) is 0 Å². The van der Waals surface area contributed by atoms with Crippen LogP contribution in [-0.2, 0) is 4.79 Å². The summed E-state index contributed by atoms with van der Waals surface area (Å²) in [6, 6.07) is 3.18. The van der Waals surface area contributed by atoms with E-state index in [1.165, 1.54) is 0 Å². The molecule has 0 fully saturated rings. The molecule has 0 spiro atoms. The Hall–Kier alpha value is -1.32. The number of benzene rings is 1. The molecule has 82 valence electrons. The Morgan fingerprint density at radius 2 is 2.07 bits per heavy atom. The SMILES string of the molecule is CC(CC=O)c1cc(C(F)F)ccc1F. The van der Waals surface area contributed by atoms with E-state index < -0.39 is 12.2 Å². The summed E-state index contributed by atoms with van der Waals surface area (Å²) < 4.78 is 37.9. The molecule has 0 aliphatic carbocycles. The van der Waals surface area contributed by atoms with E-state index in [-0.39, 0.29) is 23.5 Å². The lowest BCUT2D eigenvalue weighted by Crippen LogP contribution is -2.00. The lowest BCUT2D eigenvalue weighted by atomic mass is 9.96. The summed E-state index contributed by atoms with van der Waals surface area (Å²) in [4.78, 5) is 10.2. The second-order valence-electron chi connectivity index (χ2n) is 3.39. The Labute approximate surface area is 85.9 Å². The second kappa shape index (κ2) is 4.96. The van der Waals surface area contributed by atoms with Crippen LogP contribution >= 0.6 is 0 Å². The first kappa shape index (κ1) is 11.8. The van der Waals surface area contributed by atoms with Gasteiger partial charge in [-0.05, 0) is 23.6 Å². The molecule has 1 unspecified atom stereocenters. The zero-order chi connectivity index (χ0) is 11.4. The molecule has 0 bridgehead atoms. The van der Waals surface area contributed by atoms with Crippen molar-refractivity contribution in [2.75, 3.05) is 0 Å². The van der Waals surface area contributed by atoms with Crippen LogP contribution in [0.4, 0.5) is 13.2 Å². The monoisotopic (exact) mass is 216 g/mol. The minimum absolute atomic E-state index is 0.129. The van der Waals surface area contributed by atoms with Crippen LogP contribution in [0.15, 0.2) is 18.2 Å². The third kappa shape index (κ3) is 2.81. The quantitative estimate of drug-likeness (QED) is 0.704. The fourth-order valence-electron chi connectivity index (χ4n) is 1.35. The fraction of sp³-hybridized carbons (Fsp3) is 0.364. The lowest BCUT2D eigenvalue weighted by Gasteiger charge is -2.11. The highest BCUT2D eigenvalue weighted by molar-refractivity contribution is 5.51. The highest BCUT2D eigenvalue weighted by atomic mass is 19.3. The standard InChI is InChI=1S/C11H11F3O/c1-7(4-5-15)9-6-8(11(13)14)2-3-10(9)12/h2-3,5-7,11H,4H2,1H3. The topological polar surface area (TPSA) is 17.1 Å². The average molecular weight is 216 g/mol. The van der Waals surface area contributed by atoms with E-state index in [9.17, 15) is 18.0 Å². The Morgan fingerprint density at radius 3 is 2.60 bits per heavy atom. The summed E-state index contributed by atoms with van der Waals surface area (Å²) in [6.45, 7) is 1.63. The van der Waals surface area contributed by atoms with Gasteiger partial charge < -0.3 is 4.79 Å². The van der Waals surface area contributed by atoms with Gasteiger partial charge in [0, 0.05) is 12.0 Å². The molecule has 0 aliphatic rings. The van der Waals surface area contributed by atoms with Gasteiger partial charge in [-0.2, -0.15) is 0 Å². The van der Waals surface area contributed by atoms with Gasteiger partial charge in [0.2, 0.25) is 0 Å². The largest absolute Gasteiger partial charge is 0.303 e. The summed E-state index contributed by atoms with van der Waals surface area (Å²) in [6.07, 6.45) is -1.84. The van der Waals surface area contributed by atoms with Crippen molar-refractivity contribution < 1.29 is 18.0 Å². The Balaban J connectivity index is 3.04. The number of hydrogen-bond donors (Lipinski definition) is 0. The molecule has 1 aromatic carbocycles. The molecular weight excluding hydrogens is 205 g/mol. The molecule has 0 amide bonds. The van der Waals surface area contributed by atoms with Gasteiger partial charge in [0.05, 0.1) is 0 Å². The maximum atomic E-state index is 13.2. The van der Waals surface area contributed by atoms with E-state index in [2.05, 4.69) is 0 Å².